The number of benzene rings is 1. The lowest BCUT2D eigenvalue weighted by atomic mass is 10.2. The topological polar surface area (TPSA) is 54.9 Å². The summed E-state index contributed by atoms with van der Waals surface area (Å²) in [5.41, 5.74) is 1.09. The first-order chi connectivity index (χ1) is 9.74. The van der Waals surface area contributed by atoms with E-state index in [1.165, 1.54) is 0 Å². The summed E-state index contributed by atoms with van der Waals surface area (Å²) in [6.45, 7) is 7.55. The van der Waals surface area contributed by atoms with Gasteiger partial charge in [0.1, 0.15) is 0 Å². The zero-order chi connectivity index (χ0) is 14.8. The van der Waals surface area contributed by atoms with Crippen molar-refractivity contribution in [3.05, 3.63) is 36.4 Å². The zero-order valence-electron chi connectivity index (χ0n) is 12.8. The van der Waals surface area contributed by atoms with Crippen LogP contribution < -0.4 is 20.1 Å². The molecule has 0 spiro atoms. The number of aliphatic imine (C=N–C) groups is 1. The van der Waals surface area contributed by atoms with Crippen LogP contribution in [0.5, 0.6) is 11.5 Å². The first kappa shape index (κ1) is 19.6. The van der Waals surface area contributed by atoms with Crippen LogP contribution >= 0.6 is 24.0 Å². The fourth-order valence-electron chi connectivity index (χ4n) is 1.67. The fraction of sp³-hybridized carbons (Fsp3) is 0.400. The molecule has 1 aromatic rings. The van der Waals surface area contributed by atoms with Gasteiger partial charge in [-0.2, -0.15) is 0 Å². The molecule has 2 N–H and O–H groups in total. The Labute approximate surface area is 143 Å². The number of hydrogen-bond acceptors (Lipinski definition) is 3. The number of methoxy groups -OCH3 is 1. The summed E-state index contributed by atoms with van der Waals surface area (Å²) in [5.74, 6) is 2.23. The van der Waals surface area contributed by atoms with Gasteiger partial charge in [0.25, 0.3) is 0 Å². The highest BCUT2D eigenvalue weighted by molar-refractivity contribution is 14.0. The molecule has 118 valence electrons. The van der Waals surface area contributed by atoms with Gasteiger partial charge in [-0.1, -0.05) is 12.1 Å². The van der Waals surface area contributed by atoms with E-state index in [0.29, 0.717) is 19.7 Å². The molecule has 0 fully saturated rings. The van der Waals surface area contributed by atoms with Crippen molar-refractivity contribution in [3.63, 3.8) is 0 Å². The van der Waals surface area contributed by atoms with Crippen LogP contribution in [0.4, 0.5) is 0 Å². The van der Waals surface area contributed by atoms with E-state index < -0.39 is 0 Å². The van der Waals surface area contributed by atoms with Gasteiger partial charge in [-0.3, -0.25) is 4.99 Å². The van der Waals surface area contributed by atoms with Gasteiger partial charge in [-0.15, -0.1) is 30.6 Å². The predicted octanol–water partition coefficient (Wildman–Crippen LogP) is 2.56. The summed E-state index contributed by atoms with van der Waals surface area (Å²) in [7, 11) is 3.37. The summed E-state index contributed by atoms with van der Waals surface area (Å²) in [6.07, 6.45) is 1.78. The second-order valence-electron chi connectivity index (χ2n) is 4.01. The van der Waals surface area contributed by atoms with E-state index >= 15 is 0 Å². The first-order valence-corrected chi connectivity index (χ1v) is 6.60. The molecule has 6 heteroatoms. The number of hydrogen-bond donors (Lipinski definition) is 2. The summed E-state index contributed by atoms with van der Waals surface area (Å²) in [6, 6.07) is 5.87. The number of nitrogens with one attached hydrogen (secondary N) is 2. The van der Waals surface area contributed by atoms with Crippen molar-refractivity contribution >= 4 is 29.9 Å². The maximum Gasteiger partial charge on any atom is 0.191 e. The molecule has 0 bridgehead atoms. The summed E-state index contributed by atoms with van der Waals surface area (Å²) < 4.78 is 10.8. The molecule has 5 nitrogen and oxygen atoms in total. The minimum absolute atomic E-state index is 0. The van der Waals surface area contributed by atoms with Gasteiger partial charge in [0, 0.05) is 20.1 Å². The standard InChI is InChI=1S/C15H23N3O2.HI/c1-5-9-17-15(16-3)18-11-12-7-8-13(20-6-2)14(10-12)19-4;/h5,7-8,10H,1,6,9,11H2,2-4H3,(H2,16,17,18);1H. The smallest absolute Gasteiger partial charge is 0.191 e. The maximum atomic E-state index is 5.49. The number of rotatable bonds is 7. The van der Waals surface area contributed by atoms with E-state index in [4.69, 9.17) is 9.47 Å². The molecule has 0 radical (unpaired) electrons. The molecule has 0 aliphatic carbocycles. The minimum atomic E-state index is 0. The molecule has 0 saturated carbocycles. The second kappa shape index (κ2) is 11.2. The molecule has 0 saturated heterocycles. The van der Waals surface area contributed by atoms with Gasteiger partial charge in [0.05, 0.1) is 13.7 Å². The molecule has 0 heterocycles. The normalized spacial score (nSPS) is 10.3. The third-order valence-electron chi connectivity index (χ3n) is 2.63. The Morgan fingerprint density at radius 3 is 2.67 bits per heavy atom. The van der Waals surface area contributed by atoms with Crippen molar-refractivity contribution < 1.29 is 9.47 Å². The lowest BCUT2D eigenvalue weighted by molar-refractivity contribution is 0.310. The molecule has 0 unspecified atom stereocenters. The fourth-order valence-corrected chi connectivity index (χ4v) is 1.67. The molecular formula is C15H24IN3O2. The van der Waals surface area contributed by atoms with Crippen LogP contribution in [0.25, 0.3) is 0 Å². The summed E-state index contributed by atoms with van der Waals surface area (Å²) in [4.78, 5) is 4.12. The molecule has 1 aromatic carbocycles. The summed E-state index contributed by atoms with van der Waals surface area (Å²) >= 11 is 0. The highest BCUT2D eigenvalue weighted by atomic mass is 127. The highest BCUT2D eigenvalue weighted by Gasteiger charge is 2.05. The van der Waals surface area contributed by atoms with Crippen molar-refractivity contribution in [2.24, 2.45) is 4.99 Å². The van der Waals surface area contributed by atoms with E-state index in [1.54, 1.807) is 20.2 Å². The SMILES string of the molecule is C=CCNC(=NC)NCc1ccc(OCC)c(OC)c1.I. The number of guanidine groups is 1. The number of halogens is 1. The van der Waals surface area contributed by atoms with E-state index in [0.717, 1.165) is 23.0 Å². The molecule has 0 aliphatic heterocycles. The van der Waals surface area contributed by atoms with Crippen molar-refractivity contribution in [2.45, 2.75) is 13.5 Å². The van der Waals surface area contributed by atoms with Gasteiger partial charge in [-0.25, -0.2) is 0 Å². The van der Waals surface area contributed by atoms with Crippen LogP contribution in [0.1, 0.15) is 12.5 Å². The Balaban J connectivity index is 0.00000400. The zero-order valence-corrected chi connectivity index (χ0v) is 15.1. The van der Waals surface area contributed by atoms with Crippen LogP contribution in [0, 0.1) is 0 Å². The van der Waals surface area contributed by atoms with Gasteiger partial charge in [0.15, 0.2) is 17.5 Å². The van der Waals surface area contributed by atoms with Crippen LogP contribution in [0.15, 0.2) is 35.8 Å². The van der Waals surface area contributed by atoms with Crippen molar-refractivity contribution in [3.8, 4) is 11.5 Å². The van der Waals surface area contributed by atoms with Crippen LogP contribution in [0.3, 0.4) is 0 Å². The van der Waals surface area contributed by atoms with E-state index in [9.17, 15) is 0 Å². The Kier molecular flexibility index (Phi) is 10.5. The van der Waals surface area contributed by atoms with E-state index in [1.807, 2.05) is 25.1 Å². The number of ether oxygens (including phenoxy) is 2. The lowest BCUT2D eigenvalue weighted by Crippen LogP contribution is -2.36. The molecular weight excluding hydrogens is 381 g/mol. The van der Waals surface area contributed by atoms with Crippen LogP contribution in [-0.4, -0.2) is 33.3 Å². The van der Waals surface area contributed by atoms with E-state index in [2.05, 4.69) is 22.2 Å². The van der Waals surface area contributed by atoms with Gasteiger partial charge < -0.3 is 20.1 Å². The Morgan fingerprint density at radius 1 is 1.33 bits per heavy atom. The molecule has 0 atom stereocenters. The lowest BCUT2D eigenvalue weighted by Gasteiger charge is -2.13. The molecule has 0 aromatic heterocycles. The molecule has 0 amide bonds. The quantitative estimate of drug-likeness (QED) is 0.317. The van der Waals surface area contributed by atoms with Crippen LogP contribution in [0.2, 0.25) is 0 Å². The Hall–Kier alpha value is -1.44. The highest BCUT2D eigenvalue weighted by Crippen LogP contribution is 2.27. The maximum absolute atomic E-state index is 5.49. The van der Waals surface area contributed by atoms with Gasteiger partial charge >= 0.3 is 0 Å². The van der Waals surface area contributed by atoms with Crippen LogP contribution in [-0.2, 0) is 6.54 Å². The minimum Gasteiger partial charge on any atom is -0.493 e. The van der Waals surface area contributed by atoms with Gasteiger partial charge in [-0.05, 0) is 24.6 Å². The Morgan fingerprint density at radius 2 is 2.10 bits per heavy atom. The largest absolute Gasteiger partial charge is 0.493 e. The number of nitrogens with zero attached hydrogens (tertiary/aromatic N) is 1. The summed E-state index contributed by atoms with van der Waals surface area (Å²) in [5, 5.41) is 6.33. The van der Waals surface area contributed by atoms with Crippen molar-refractivity contribution in [1.29, 1.82) is 0 Å². The van der Waals surface area contributed by atoms with Crippen molar-refractivity contribution in [2.75, 3.05) is 27.3 Å². The second-order valence-corrected chi connectivity index (χ2v) is 4.01. The monoisotopic (exact) mass is 405 g/mol. The van der Waals surface area contributed by atoms with E-state index in [-0.39, 0.29) is 24.0 Å². The predicted molar refractivity (Wildman–Crippen MR) is 98.0 cm³/mol. The first-order valence-electron chi connectivity index (χ1n) is 6.60. The van der Waals surface area contributed by atoms with Gasteiger partial charge in [0.2, 0.25) is 0 Å². The average molecular weight is 405 g/mol. The average Bonchev–Trinajstić information content (AvgIpc) is 2.49. The van der Waals surface area contributed by atoms with Crippen molar-refractivity contribution in [1.82, 2.24) is 10.6 Å². The Bertz CT molecular complexity index is 464. The molecule has 21 heavy (non-hydrogen) atoms. The molecule has 0 aliphatic rings. The third-order valence-corrected chi connectivity index (χ3v) is 2.63. The molecule has 1 rings (SSSR count). The third kappa shape index (κ3) is 6.70.